The zero-order valence-electron chi connectivity index (χ0n) is 14.3. The van der Waals surface area contributed by atoms with E-state index in [0.29, 0.717) is 6.42 Å². The average Bonchev–Trinajstić information content (AvgIpc) is 2.93. The molecule has 0 radical (unpaired) electrons. The summed E-state index contributed by atoms with van der Waals surface area (Å²) in [6.07, 6.45) is -0.427. The maximum Gasteiger partial charge on any atom is 0.373 e. The molecule has 140 valence electrons. The van der Waals surface area contributed by atoms with Gasteiger partial charge in [-0.05, 0) is 17.7 Å². The van der Waals surface area contributed by atoms with Gasteiger partial charge in [0.1, 0.15) is 18.3 Å². The molecule has 9 heteroatoms. The van der Waals surface area contributed by atoms with Crippen molar-refractivity contribution in [2.24, 2.45) is 0 Å². The van der Waals surface area contributed by atoms with Gasteiger partial charge in [-0.25, -0.2) is 4.79 Å². The zero-order valence-corrected chi connectivity index (χ0v) is 14.3. The van der Waals surface area contributed by atoms with Crippen LogP contribution in [0.2, 0.25) is 0 Å². The molecule has 1 amide bonds. The van der Waals surface area contributed by atoms with E-state index in [2.05, 4.69) is 9.72 Å². The molecule has 0 aromatic carbocycles. The standard InChI is InChI=1S/C17H20N2O7/c1-19-10(9-4-3-5-18-8-9)6-12(15(19)22)25-17-14(21)11(20)7-13(26-17)16(23)24-2/h3-5,7-8,10-12,14,17,20-21H,6H2,1-2H3/t10?,11-,12-,14-,17+/m1/s1. The van der Waals surface area contributed by atoms with Gasteiger partial charge in [-0.1, -0.05) is 6.07 Å². The van der Waals surface area contributed by atoms with Crippen LogP contribution in [0.1, 0.15) is 18.0 Å². The van der Waals surface area contributed by atoms with E-state index in [-0.39, 0.29) is 17.7 Å². The van der Waals surface area contributed by atoms with E-state index in [1.54, 1.807) is 25.5 Å². The zero-order chi connectivity index (χ0) is 18.8. The molecule has 0 spiro atoms. The van der Waals surface area contributed by atoms with Gasteiger partial charge in [0, 0.05) is 25.9 Å². The van der Waals surface area contributed by atoms with Gasteiger partial charge in [-0.2, -0.15) is 0 Å². The molecule has 2 N–H and O–H groups in total. The van der Waals surface area contributed by atoms with Gasteiger partial charge >= 0.3 is 5.97 Å². The predicted molar refractivity (Wildman–Crippen MR) is 86.2 cm³/mol. The largest absolute Gasteiger partial charge is 0.463 e. The number of hydrogen-bond donors (Lipinski definition) is 2. The number of aliphatic hydroxyl groups is 2. The lowest BCUT2D eigenvalue weighted by molar-refractivity contribution is -0.223. The van der Waals surface area contributed by atoms with Crippen LogP contribution in [0.3, 0.4) is 0 Å². The highest BCUT2D eigenvalue weighted by atomic mass is 16.7. The van der Waals surface area contributed by atoms with Gasteiger partial charge in [-0.15, -0.1) is 0 Å². The molecular formula is C17H20N2O7. The molecule has 2 aliphatic rings. The van der Waals surface area contributed by atoms with Crippen LogP contribution in [-0.2, 0) is 23.8 Å². The number of rotatable bonds is 4. The maximum atomic E-state index is 12.5. The lowest BCUT2D eigenvalue weighted by Gasteiger charge is -2.32. The number of esters is 1. The van der Waals surface area contributed by atoms with E-state index in [1.165, 1.54) is 4.90 Å². The highest BCUT2D eigenvalue weighted by Crippen LogP contribution is 2.34. The van der Waals surface area contributed by atoms with Crippen molar-refractivity contribution in [1.82, 2.24) is 9.88 Å². The third-order valence-electron chi connectivity index (χ3n) is 4.48. The first kappa shape index (κ1) is 18.3. The first-order valence-corrected chi connectivity index (χ1v) is 8.07. The summed E-state index contributed by atoms with van der Waals surface area (Å²) >= 11 is 0. The Bertz CT molecular complexity index is 708. The third-order valence-corrected chi connectivity index (χ3v) is 4.48. The molecule has 1 unspecified atom stereocenters. The normalized spacial score (nSPS) is 31.4. The second kappa shape index (κ2) is 7.40. The number of ether oxygens (including phenoxy) is 3. The second-order valence-electron chi connectivity index (χ2n) is 6.10. The van der Waals surface area contributed by atoms with Crippen molar-refractivity contribution in [1.29, 1.82) is 0 Å². The summed E-state index contributed by atoms with van der Waals surface area (Å²) in [5, 5.41) is 20.0. The molecular weight excluding hydrogens is 344 g/mol. The van der Waals surface area contributed by atoms with Crippen LogP contribution in [0.5, 0.6) is 0 Å². The van der Waals surface area contributed by atoms with E-state index < -0.39 is 30.6 Å². The Morgan fingerprint density at radius 1 is 1.42 bits per heavy atom. The fraction of sp³-hybridized carbons (Fsp3) is 0.471. The molecule has 9 nitrogen and oxygen atoms in total. The van der Waals surface area contributed by atoms with Crippen molar-refractivity contribution in [2.75, 3.05) is 14.2 Å². The Labute approximate surface area is 149 Å². The highest BCUT2D eigenvalue weighted by molar-refractivity contribution is 5.86. The molecule has 1 fully saturated rings. The van der Waals surface area contributed by atoms with E-state index in [9.17, 15) is 19.8 Å². The fourth-order valence-electron chi connectivity index (χ4n) is 3.02. The van der Waals surface area contributed by atoms with Crippen LogP contribution in [-0.4, -0.2) is 70.7 Å². The molecule has 2 aliphatic heterocycles. The fourth-order valence-corrected chi connectivity index (χ4v) is 3.02. The first-order chi connectivity index (χ1) is 12.4. The minimum absolute atomic E-state index is 0.234. The van der Waals surface area contributed by atoms with Gasteiger partial charge in [0.15, 0.2) is 0 Å². The number of carbonyl (C=O) groups excluding carboxylic acids is 2. The number of pyridine rings is 1. The van der Waals surface area contributed by atoms with Crippen LogP contribution < -0.4 is 0 Å². The Morgan fingerprint density at radius 2 is 2.19 bits per heavy atom. The number of methoxy groups -OCH3 is 1. The number of likely N-dealkylation sites (N-methyl/N-ethyl adjacent to an activating group) is 1. The summed E-state index contributed by atoms with van der Waals surface area (Å²) in [6, 6.07) is 3.40. The minimum Gasteiger partial charge on any atom is -0.463 e. The molecule has 26 heavy (non-hydrogen) atoms. The Balaban J connectivity index is 1.73. The van der Waals surface area contributed by atoms with E-state index >= 15 is 0 Å². The van der Waals surface area contributed by atoms with Crippen LogP contribution in [0.25, 0.3) is 0 Å². The molecule has 0 aliphatic carbocycles. The van der Waals surface area contributed by atoms with Crippen molar-refractivity contribution in [2.45, 2.75) is 37.1 Å². The van der Waals surface area contributed by atoms with Crippen LogP contribution in [0.15, 0.2) is 36.4 Å². The molecule has 3 rings (SSSR count). The first-order valence-electron chi connectivity index (χ1n) is 8.07. The maximum absolute atomic E-state index is 12.5. The van der Waals surface area contributed by atoms with Crippen molar-refractivity contribution in [3.8, 4) is 0 Å². The van der Waals surface area contributed by atoms with Crippen molar-refractivity contribution in [3.05, 3.63) is 41.9 Å². The molecule has 0 saturated carbocycles. The van der Waals surface area contributed by atoms with Crippen LogP contribution >= 0.6 is 0 Å². The Hall–Kier alpha value is -2.49. The van der Waals surface area contributed by atoms with Crippen LogP contribution in [0, 0.1) is 0 Å². The third kappa shape index (κ3) is 3.41. The summed E-state index contributed by atoms with van der Waals surface area (Å²) in [5.41, 5.74) is 0.856. The number of aromatic nitrogens is 1. The number of hydrogen-bond acceptors (Lipinski definition) is 8. The summed E-state index contributed by atoms with van der Waals surface area (Å²) in [4.78, 5) is 29.7. The molecule has 1 saturated heterocycles. The smallest absolute Gasteiger partial charge is 0.373 e. The molecule has 1 aromatic rings. The van der Waals surface area contributed by atoms with Gasteiger partial charge < -0.3 is 29.3 Å². The minimum atomic E-state index is -1.45. The average molecular weight is 364 g/mol. The SMILES string of the molecule is COC(=O)C1=C[C@@H](O)[C@@H](O)[C@@H](O[C@@H]2CC(c3cccnc3)N(C)C2=O)O1. The van der Waals surface area contributed by atoms with E-state index in [4.69, 9.17) is 9.47 Å². The number of carbonyl (C=O) groups is 2. The number of nitrogens with zero attached hydrogens (tertiary/aromatic N) is 2. The second-order valence-corrected chi connectivity index (χ2v) is 6.10. The van der Waals surface area contributed by atoms with Crippen molar-refractivity contribution in [3.63, 3.8) is 0 Å². The molecule has 0 bridgehead atoms. The summed E-state index contributed by atoms with van der Waals surface area (Å²) in [6.45, 7) is 0. The summed E-state index contributed by atoms with van der Waals surface area (Å²) in [7, 11) is 2.81. The van der Waals surface area contributed by atoms with Gasteiger partial charge in [0.05, 0.1) is 13.2 Å². The van der Waals surface area contributed by atoms with Crippen molar-refractivity contribution >= 4 is 11.9 Å². The van der Waals surface area contributed by atoms with Crippen LogP contribution in [0.4, 0.5) is 0 Å². The lowest BCUT2D eigenvalue weighted by atomic mass is 10.1. The Morgan fingerprint density at radius 3 is 2.85 bits per heavy atom. The quantitative estimate of drug-likeness (QED) is 0.687. The topological polar surface area (TPSA) is 118 Å². The summed E-state index contributed by atoms with van der Waals surface area (Å²) in [5.74, 6) is -1.39. The predicted octanol–water partition coefficient (Wildman–Crippen LogP) is -0.495. The summed E-state index contributed by atoms with van der Waals surface area (Å²) < 4.78 is 15.4. The van der Waals surface area contributed by atoms with Gasteiger partial charge in [0.2, 0.25) is 12.0 Å². The molecule has 3 heterocycles. The van der Waals surface area contributed by atoms with Gasteiger partial charge in [-0.3, -0.25) is 9.78 Å². The number of amides is 1. The lowest BCUT2D eigenvalue weighted by Crippen LogP contribution is -2.46. The van der Waals surface area contributed by atoms with Crippen molar-refractivity contribution < 1.29 is 34.0 Å². The Kier molecular flexibility index (Phi) is 5.21. The molecule has 5 atom stereocenters. The highest BCUT2D eigenvalue weighted by Gasteiger charge is 2.44. The van der Waals surface area contributed by atoms with Gasteiger partial charge in [0.25, 0.3) is 5.91 Å². The number of aliphatic hydroxyl groups excluding tert-OH is 2. The monoisotopic (exact) mass is 364 g/mol. The number of likely N-dealkylation sites (tertiary alicyclic amines) is 1. The molecule has 1 aromatic heterocycles. The van der Waals surface area contributed by atoms with E-state index in [0.717, 1.165) is 18.7 Å². The van der Waals surface area contributed by atoms with E-state index in [1.807, 2.05) is 6.07 Å².